The van der Waals surface area contributed by atoms with Crippen molar-refractivity contribution < 1.29 is 17.7 Å². The number of aromatic amines is 2. The lowest BCUT2D eigenvalue weighted by Gasteiger charge is -2.10. The number of imidazole rings is 1. The molecule has 0 unspecified atom stereocenters. The maximum Gasteiger partial charge on any atom is 0.420 e. The standard InChI is InChI=1S/C19H20ClF3N8O3/c1-2-3-7-30-14-13(26-17(20)27-14)16(32)31(18(30)33)8-5-4-6-11-25-15(34-29-11)12-10(9-24-28-12)19(21,22)23/h9H,2-8H2,1H3,(H,24,28)(H,26,27). The zero-order valence-electron chi connectivity index (χ0n) is 17.9. The number of fused-ring (bicyclic) bond motifs is 1. The molecule has 0 bridgehead atoms. The van der Waals surface area contributed by atoms with Crippen LogP contribution in [-0.2, 0) is 25.7 Å². The number of hydrogen-bond acceptors (Lipinski definition) is 7. The van der Waals surface area contributed by atoms with Crippen molar-refractivity contribution in [2.45, 2.75) is 58.3 Å². The van der Waals surface area contributed by atoms with Crippen molar-refractivity contribution in [1.82, 2.24) is 39.4 Å². The molecular formula is C19H20ClF3N8O3. The molecule has 4 aromatic rings. The molecule has 0 atom stereocenters. The second kappa shape index (κ2) is 9.44. The van der Waals surface area contributed by atoms with Gasteiger partial charge in [0.2, 0.25) is 5.28 Å². The van der Waals surface area contributed by atoms with Gasteiger partial charge >= 0.3 is 11.9 Å². The number of alkyl halides is 3. The molecule has 2 N–H and O–H groups in total. The van der Waals surface area contributed by atoms with Crippen molar-refractivity contribution in [3.63, 3.8) is 0 Å². The van der Waals surface area contributed by atoms with Gasteiger partial charge in [-0.05, 0) is 30.9 Å². The first kappa shape index (κ1) is 23.7. The molecule has 15 heteroatoms. The zero-order chi connectivity index (χ0) is 24.5. The Morgan fingerprint density at radius 2 is 1.88 bits per heavy atom. The van der Waals surface area contributed by atoms with Gasteiger partial charge in [0.05, 0.1) is 6.20 Å². The van der Waals surface area contributed by atoms with E-state index in [4.69, 9.17) is 16.1 Å². The summed E-state index contributed by atoms with van der Waals surface area (Å²) in [6, 6.07) is 0. The van der Waals surface area contributed by atoms with Crippen LogP contribution in [0.3, 0.4) is 0 Å². The third-order valence-corrected chi connectivity index (χ3v) is 5.41. The molecule has 4 aromatic heterocycles. The highest BCUT2D eigenvalue weighted by atomic mass is 35.5. The van der Waals surface area contributed by atoms with Crippen LogP contribution in [0.5, 0.6) is 0 Å². The molecule has 0 saturated carbocycles. The summed E-state index contributed by atoms with van der Waals surface area (Å²) in [6.07, 6.45) is -1.25. The van der Waals surface area contributed by atoms with Crippen LogP contribution in [0.2, 0.25) is 5.28 Å². The van der Waals surface area contributed by atoms with Gasteiger partial charge in [0.1, 0.15) is 11.3 Å². The van der Waals surface area contributed by atoms with Gasteiger partial charge in [-0.2, -0.15) is 28.2 Å². The molecule has 0 fully saturated rings. The van der Waals surface area contributed by atoms with Gasteiger partial charge in [0, 0.05) is 19.5 Å². The second-order valence-corrected chi connectivity index (χ2v) is 7.96. The summed E-state index contributed by atoms with van der Waals surface area (Å²) in [7, 11) is 0. The van der Waals surface area contributed by atoms with E-state index < -0.39 is 28.7 Å². The number of halogens is 4. The van der Waals surface area contributed by atoms with E-state index in [1.807, 2.05) is 6.92 Å². The van der Waals surface area contributed by atoms with Gasteiger partial charge in [-0.1, -0.05) is 18.5 Å². The number of nitrogens with zero attached hydrogens (tertiary/aromatic N) is 6. The number of rotatable bonds is 9. The fourth-order valence-corrected chi connectivity index (χ4v) is 3.70. The SMILES string of the molecule is CCCCn1c(=O)n(CCCCc2noc(-c3[nH]ncc3C(F)(F)F)n2)c(=O)c2[nH]c(Cl)nc21. The smallest absolute Gasteiger partial charge is 0.332 e. The summed E-state index contributed by atoms with van der Waals surface area (Å²) < 4.78 is 46.6. The Balaban J connectivity index is 1.46. The molecule has 0 aliphatic heterocycles. The Labute approximate surface area is 194 Å². The van der Waals surface area contributed by atoms with E-state index in [-0.39, 0.29) is 41.1 Å². The first-order valence-corrected chi connectivity index (χ1v) is 10.9. The largest absolute Gasteiger partial charge is 0.420 e. The van der Waals surface area contributed by atoms with Crippen molar-refractivity contribution in [3.8, 4) is 11.6 Å². The summed E-state index contributed by atoms with van der Waals surface area (Å²) in [5.41, 5.74) is -2.03. The Hall–Kier alpha value is -3.42. The molecule has 34 heavy (non-hydrogen) atoms. The maximum atomic E-state index is 13.0. The van der Waals surface area contributed by atoms with Crippen LogP contribution in [0.25, 0.3) is 22.7 Å². The molecule has 0 aliphatic carbocycles. The minimum atomic E-state index is -4.62. The molecule has 0 radical (unpaired) electrons. The number of aromatic nitrogens is 8. The lowest BCUT2D eigenvalue weighted by atomic mass is 10.2. The Kier molecular flexibility index (Phi) is 6.59. The number of H-pyrrole nitrogens is 2. The monoisotopic (exact) mass is 500 g/mol. The van der Waals surface area contributed by atoms with Crippen molar-refractivity contribution in [3.05, 3.63) is 43.7 Å². The van der Waals surface area contributed by atoms with E-state index in [9.17, 15) is 22.8 Å². The number of nitrogens with one attached hydrogen (secondary N) is 2. The molecule has 182 valence electrons. The third kappa shape index (κ3) is 4.62. The second-order valence-electron chi connectivity index (χ2n) is 7.60. The van der Waals surface area contributed by atoms with E-state index in [2.05, 4.69) is 30.3 Å². The van der Waals surface area contributed by atoms with Gasteiger partial charge < -0.3 is 9.51 Å². The minimum absolute atomic E-state index is 0.0216. The average molecular weight is 501 g/mol. The highest BCUT2D eigenvalue weighted by molar-refractivity contribution is 6.28. The first-order valence-electron chi connectivity index (χ1n) is 10.5. The van der Waals surface area contributed by atoms with Crippen molar-refractivity contribution >= 4 is 22.8 Å². The number of hydrogen-bond donors (Lipinski definition) is 2. The van der Waals surface area contributed by atoms with Crippen LogP contribution in [0.4, 0.5) is 13.2 Å². The van der Waals surface area contributed by atoms with Crippen LogP contribution in [-0.4, -0.2) is 39.4 Å². The molecule has 0 spiro atoms. The lowest BCUT2D eigenvalue weighted by molar-refractivity contribution is -0.137. The van der Waals surface area contributed by atoms with Crippen LogP contribution < -0.4 is 11.2 Å². The number of aryl methyl sites for hydroxylation is 2. The van der Waals surface area contributed by atoms with Gasteiger partial charge in [-0.25, -0.2) is 4.79 Å². The Bertz CT molecular complexity index is 1410. The quantitative estimate of drug-likeness (QED) is 0.265. The van der Waals surface area contributed by atoms with Crippen LogP contribution in [0.1, 0.15) is 44.0 Å². The molecular weight excluding hydrogens is 481 g/mol. The average Bonchev–Trinajstić information content (AvgIpc) is 3.51. The van der Waals surface area contributed by atoms with E-state index in [1.54, 1.807) is 0 Å². The summed E-state index contributed by atoms with van der Waals surface area (Å²) in [4.78, 5) is 36.4. The highest BCUT2D eigenvalue weighted by Crippen LogP contribution is 2.34. The molecule has 0 amide bonds. The van der Waals surface area contributed by atoms with E-state index in [0.717, 1.165) is 17.4 Å². The van der Waals surface area contributed by atoms with Crippen LogP contribution in [0.15, 0.2) is 20.3 Å². The fraction of sp³-hybridized carbons (Fsp3) is 0.474. The summed E-state index contributed by atoms with van der Waals surface area (Å²) in [5.74, 6) is -0.127. The molecule has 4 rings (SSSR count). The van der Waals surface area contributed by atoms with Crippen LogP contribution >= 0.6 is 11.6 Å². The maximum absolute atomic E-state index is 13.0. The molecule has 0 aromatic carbocycles. The number of unbranched alkanes of at least 4 members (excludes halogenated alkanes) is 2. The molecule has 11 nitrogen and oxygen atoms in total. The van der Waals surface area contributed by atoms with Crippen LogP contribution in [0, 0.1) is 0 Å². The predicted octanol–water partition coefficient (Wildman–Crippen LogP) is 3.15. The topological polar surface area (TPSA) is 140 Å². The summed E-state index contributed by atoms with van der Waals surface area (Å²) in [5, 5.41) is 9.34. The lowest BCUT2D eigenvalue weighted by Crippen LogP contribution is -2.40. The Morgan fingerprint density at radius 3 is 2.62 bits per heavy atom. The Morgan fingerprint density at radius 1 is 1.12 bits per heavy atom. The summed E-state index contributed by atoms with van der Waals surface area (Å²) in [6.45, 7) is 2.50. The van der Waals surface area contributed by atoms with E-state index in [1.165, 1.54) is 4.57 Å². The zero-order valence-corrected chi connectivity index (χ0v) is 18.7. The van der Waals surface area contributed by atoms with Crippen molar-refractivity contribution in [2.75, 3.05) is 0 Å². The van der Waals surface area contributed by atoms with Crippen molar-refractivity contribution in [2.24, 2.45) is 0 Å². The van der Waals surface area contributed by atoms with Crippen molar-refractivity contribution in [1.29, 1.82) is 0 Å². The molecule has 0 saturated heterocycles. The van der Waals surface area contributed by atoms with Gasteiger partial charge in [-0.3, -0.25) is 19.0 Å². The third-order valence-electron chi connectivity index (χ3n) is 5.23. The summed E-state index contributed by atoms with van der Waals surface area (Å²) >= 11 is 5.91. The molecule has 4 heterocycles. The van der Waals surface area contributed by atoms with Gasteiger partial charge in [0.25, 0.3) is 11.4 Å². The van der Waals surface area contributed by atoms with E-state index in [0.29, 0.717) is 25.6 Å². The first-order chi connectivity index (χ1) is 16.2. The fourth-order valence-electron chi connectivity index (χ4n) is 3.53. The highest BCUT2D eigenvalue weighted by Gasteiger charge is 2.37. The molecule has 0 aliphatic rings. The van der Waals surface area contributed by atoms with E-state index >= 15 is 0 Å². The van der Waals surface area contributed by atoms with Gasteiger partial charge in [0.15, 0.2) is 17.0 Å². The van der Waals surface area contributed by atoms with Gasteiger partial charge in [-0.15, -0.1) is 0 Å². The minimum Gasteiger partial charge on any atom is -0.332 e. The normalized spacial score (nSPS) is 12.1. The predicted molar refractivity (Wildman–Crippen MR) is 114 cm³/mol.